The molecule has 0 atom stereocenters. The van der Waals surface area contributed by atoms with Crippen molar-refractivity contribution in [2.75, 3.05) is 13.2 Å². The van der Waals surface area contributed by atoms with Crippen LogP contribution in [0.15, 0.2) is 57.5 Å². The number of ether oxygens (including phenoxy) is 1. The molecule has 0 spiro atoms. The molecule has 2 heterocycles. The maximum absolute atomic E-state index is 12.9. The molecule has 0 N–H and O–H groups in total. The molecule has 30 heavy (non-hydrogen) atoms. The molecule has 8 heteroatoms. The molecule has 152 valence electrons. The number of furan rings is 1. The number of nitrogens with zero attached hydrogens (tertiary/aromatic N) is 2. The predicted molar refractivity (Wildman–Crippen MR) is 109 cm³/mol. The molecule has 1 aromatic heterocycles. The molecule has 0 bridgehead atoms. The highest BCUT2D eigenvalue weighted by atomic mass is 35.5. The summed E-state index contributed by atoms with van der Waals surface area (Å²) >= 11 is 6.20. The molecule has 3 rings (SSSR count). The van der Waals surface area contributed by atoms with Gasteiger partial charge in [-0.1, -0.05) is 23.7 Å². The number of carbonyl (C=O) groups is 3. The number of imide groups is 1. The third kappa shape index (κ3) is 4.19. The first-order valence-corrected chi connectivity index (χ1v) is 9.38. The quantitative estimate of drug-likeness (QED) is 0.411. The van der Waals surface area contributed by atoms with E-state index >= 15 is 0 Å². The van der Waals surface area contributed by atoms with Gasteiger partial charge in [0.2, 0.25) is 0 Å². The Kier molecular flexibility index (Phi) is 6.19. The predicted octanol–water partition coefficient (Wildman–Crippen LogP) is 3.76. The number of halogens is 1. The number of rotatable bonds is 5. The molecule has 0 radical (unpaired) electrons. The SMILES string of the molecule is CC(=O)OCCN1C(=O)C(C#N)=C(C)/C(=C\c2ccc(-c3ccccc3Cl)o2)C1=O. The summed E-state index contributed by atoms with van der Waals surface area (Å²) in [5, 5.41) is 9.92. The van der Waals surface area contributed by atoms with Crippen molar-refractivity contribution in [3.8, 4) is 17.4 Å². The van der Waals surface area contributed by atoms with Crippen molar-refractivity contribution < 1.29 is 23.5 Å². The molecule has 0 unspecified atom stereocenters. The molecule has 0 saturated heterocycles. The maximum atomic E-state index is 12.9. The Hall–Kier alpha value is -3.63. The van der Waals surface area contributed by atoms with Crippen LogP contribution in [0.25, 0.3) is 17.4 Å². The lowest BCUT2D eigenvalue weighted by atomic mass is 9.94. The maximum Gasteiger partial charge on any atom is 0.302 e. The van der Waals surface area contributed by atoms with E-state index in [0.29, 0.717) is 22.1 Å². The minimum atomic E-state index is -0.722. The molecular formula is C22H17ClN2O5. The Morgan fingerprint density at radius 1 is 1.23 bits per heavy atom. The minimum Gasteiger partial charge on any atom is -0.464 e. The van der Waals surface area contributed by atoms with Gasteiger partial charge in [-0.15, -0.1) is 0 Å². The normalized spacial score (nSPS) is 15.5. The van der Waals surface area contributed by atoms with Crippen molar-refractivity contribution in [2.24, 2.45) is 0 Å². The van der Waals surface area contributed by atoms with Crippen molar-refractivity contribution in [1.82, 2.24) is 4.90 Å². The zero-order valence-electron chi connectivity index (χ0n) is 16.3. The third-order valence-corrected chi connectivity index (χ3v) is 4.83. The van der Waals surface area contributed by atoms with E-state index in [4.69, 9.17) is 20.8 Å². The third-order valence-electron chi connectivity index (χ3n) is 4.50. The van der Waals surface area contributed by atoms with E-state index in [1.54, 1.807) is 30.3 Å². The van der Waals surface area contributed by atoms with Crippen LogP contribution in [0.2, 0.25) is 5.02 Å². The average molecular weight is 425 g/mol. The van der Waals surface area contributed by atoms with E-state index < -0.39 is 17.8 Å². The second kappa shape index (κ2) is 8.80. The highest BCUT2D eigenvalue weighted by molar-refractivity contribution is 6.33. The summed E-state index contributed by atoms with van der Waals surface area (Å²) in [4.78, 5) is 37.3. The van der Waals surface area contributed by atoms with Gasteiger partial charge in [-0.2, -0.15) is 5.26 Å². The number of esters is 1. The van der Waals surface area contributed by atoms with Gasteiger partial charge < -0.3 is 9.15 Å². The van der Waals surface area contributed by atoms with Crippen LogP contribution in [0.5, 0.6) is 0 Å². The fourth-order valence-corrected chi connectivity index (χ4v) is 3.22. The highest BCUT2D eigenvalue weighted by Crippen LogP contribution is 2.31. The second-order valence-corrected chi connectivity index (χ2v) is 6.86. The number of carbonyl (C=O) groups excluding carboxylic acids is 3. The van der Waals surface area contributed by atoms with Gasteiger partial charge in [-0.05, 0) is 42.8 Å². The first kappa shape index (κ1) is 21.1. The van der Waals surface area contributed by atoms with E-state index in [1.165, 1.54) is 19.9 Å². The number of amides is 2. The Labute approximate surface area is 177 Å². The first-order chi connectivity index (χ1) is 14.3. The van der Waals surface area contributed by atoms with Gasteiger partial charge in [-0.3, -0.25) is 19.3 Å². The monoisotopic (exact) mass is 424 g/mol. The zero-order valence-corrected chi connectivity index (χ0v) is 17.0. The van der Waals surface area contributed by atoms with Crippen LogP contribution in [0, 0.1) is 11.3 Å². The standard InChI is InChI=1S/C22H17ClN2O5/c1-13-17(11-15-7-8-20(30-15)16-5-3-4-6-19(16)23)21(27)25(9-10-29-14(2)26)22(28)18(13)12-24/h3-8,11H,9-10H2,1-2H3/b17-11+. The van der Waals surface area contributed by atoms with Crippen molar-refractivity contribution in [3.63, 3.8) is 0 Å². The van der Waals surface area contributed by atoms with Crippen molar-refractivity contribution in [2.45, 2.75) is 13.8 Å². The summed E-state index contributed by atoms with van der Waals surface area (Å²) in [7, 11) is 0. The Morgan fingerprint density at radius 3 is 2.63 bits per heavy atom. The summed E-state index contributed by atoms with van der Waals surface area (Å²) in [6.45, 7) is 2.44. The zero-order chi connectivity index (χ0) is 21.8. The van der Waals surface area contributed by atoms with E-state index in [0.717, 1.165) is 4.90 Å². The van der Waals surface area contributed by atoms with Crippen LogP contribution < -0.4 is 0 Å². The van der Waals surface area contributed by atoms with E-state index in [1.807, 2.05) is 12.1 Å². The molecule has 0 fully saturated rings. The second-order valence-electron chi connectivity index (χ2n) is 6.45. The van der Waals surface area contributed by atoms with Gasteiger partial charge in [0.25, 0.3) is 11.8 Å². The summed E-state index contributed by atoms with van der Waals surface area (Å²) in [5.41, 5.74) is 0.949. The van der Waals surface area contributed by atoms with Gasteiger partial charge in [0.15, 0.2) is 0 Å². The van der Waals surface area contributed by atoms with Gasteiger partial charge in [0.1, 0.15) is 29.8 Å². The van der Waals surface area contributed by atoms with E-state index in [9.17, 15) is 19.6 Å². The van der Waals surface area contributed by atoms with Crippen molar-refractivity contribution >= 4 is 35.5 Å². The van der Waals surface area contributed by atoms with Crippen LogP contribution >= 0.6 is 11.6 Å². The fourth-order valence-electron chi connectivity index (χ4n) is 2.99. The number of hydrogen-bond acceptors (Lipinski definition) is 6. The molecule has 0 aliphatic carbocycles. The Balaban J connectivity index is 1.96. The molecule has 0 saturated carbocycles. The number of nitriles is 1. The average Bonchev–Trinajstić information content (AvgIpc) is 3.17. The fraction of sp³-hybridized carbons (Fsp3) is 0.182. The lowest BCUT2D eigenvalue weighted by molar-refractivity contribution is -0.147. The van der Waals surface area contributed by atoms with Crippen LogP contribution in [0.4, 0.5) is 0 Å². The Bertz CT molecular complexity index is 1140. The van der Waals surface area contributed by atoms with Crippen molar-refractivity contribution in [1.29, 1.82) is 5.26 Å². The topological polar surface area (TPSA) is 101 Å². The molecule has 1 aliphatic heterocycles. The van der Waals surface area contributed by atoms with Gasteiger partial charge in [0.05, 0.1) is 11.6 Å². The molecule has 2 aromatic rings. The smallest absolute Gasteiger partial charge is 0.302 e. The molecule has 1 aromatic carbocycles. The van der Waals surface area contributed by atoms with Crippen LogP contribution in [0.3, 0.4) is 0 Å². The van der Waals surface area contributed by atoms with Crippen LogP contribution in [-0.4, -0.2) is 35.8 Å². The number of benzene rings is 1. The largest absolute Gasteiger partial charge is 0.464 e. The summed E-state index contributed by atoms with van der Waals surface area (Å²) < 4.78 is 10.6. The minimum absolute atomic E-state index is 0.147. The van der Waals surface area contributed by atoms with Gasteiger partial charge >= 0.3 is 5.97 Å². The lowest BCUT2D eigenvalue weighted by Crippen LogP contribution is -2.44. The first-order valence-electron chi connectivity index (χ1n) is 9.00. The van der Waals surface area contributed by atoms with Crippen LogP contribution in [-0.2, 0) is 19.1 Å². The van der Waals surface area contributed by atoms with Gasteiger partial charge in [0, 0.05) is 18.1 Å². The van der Waals surface area contributed by atoms with Crippen molar-refractivity contribution in [3.05, 3.63) is 63.9 Å². The highest BCUT2D eigenvalue weighted by Gasteiger charge is 2.35. The molecule has 1 aliphatic rings. The van der Waals surface area contributed by atoms with E-state index in [-0.39, 0.29) is 29.9 Å². The molecular weight excluding hydrogens is 408 g/mol. The summed E-state index contributed by atoms with van der Waals surface area (Å²) in [5.74, 6) is -0.975. The van der Waals surface area contributed by atoms with Gasteiger partial charge in [-0.25, -0.2) is 0 Å². The summed E-state index contributed by atoms with van der Waals surface area (Å²) in [6.07, 6.45) is 1.47. The summed E-state index contributed by atoms with van der Waals surface area (Å²) in [6, 6.07) is 12.4. The Morgan fingerprint density at radius 2 is 1.97 bits per heavy atom. The molecule has 2 amide bonds. The number of hydrogen-bond donors (Lipinski definition) is 0. The van der Waals surface area contributed by atoms with E-state index in [2.05, 4.69) is 0 Å². The molecule has 7 nitrogen and oxygen atoms in total. The van der Waals surface area contributed by atoms with Crippen LogP contribution in [0.1, 0.15) is 19.6 Å². The lowest BCUT2D eigenvalue weighted by Gasteiger charge is -2.27.